The van der Waals surface area contributed by atoms with E-state index in [0.717, 1.165) is 0 Å². The van der Waals surface area contributed by atoms with Crippen LogP contribution in [0.1, 0.15) is 5.82 Å². The lowest BCUT2D eigenvalue weighted by Gasteiger charge is -2.07. The van der Waals surface area contributed by atoms with Gasteiger partial charge in [-0.25, -0.2) is 4.98 Å². The average molecular weight is 320 g/mol. The first-order valence-electron chi connectivity index (χ1n) is 5.24. The van der Waals surface area contributed by atoms with Crippen molar-refractivity contribution in [3.05, 3.63) is 45.3 Å². The highest BCUT2D eigenvalue weighted by molar-refractivity contribution is 6.42. The molecule has 1 aromatic carbocycles. The lowest BCUT2D eigenvalue weighted by molar-refractivity contribution is 0.177. The molecule has 1 heterocycles. The predicted molar refractivity (Wildman–Crippen MR) is 74.3 cm³/mol. The van der Waals surface area contributed by atoms with Gasteiger partial charge in [-0.1, -0.05) is 34.8 Å². The Labute approximate surface area is 125 Å². The van der Waals surface area contributed by atoms with Crippen molar-refractivity contribution in [1.82, 2.24) is 9.97 Å². The maximum atomic E-state index is 5.90. The first-order chi connectivity index (χ1) is 9.08. The van der Waals surface area contributed by atoms with Gasteiger partial charge in [0.05, 0.1) is 10.0 Å². The van der Waals surface area contributed by atoms with Gasteiger partial charge >= 0.3 is 0 Å². The summed E-state index contributed by atoms with van der Waals surface area (Å²) in [6.07, 6.45) is 0. The highest BCUT2D eigenvalue weighted by Gasteiger charge is 2.07. The molecule has 7 heteroatoms. The Hall–Kier alpha value is -1.07. The van der Waals surface area contributed by atoms with Gasteiger partial charge in [0.2, 0.25) is 5.88 Å². The van der Waals surface area contributed by atoms with Gasteiger partial charge in [0.1, 0.15) is 17.5 Å². The van der Waals surface area contributed by atoms with E-state index in [0.29, 0.717) is 27.5 Å². The van der Waals surface area contributed by atoms with Gasteiger partial charge in [-0.3, -0.25) is 0 Å². The Morgan fingerprint density at radius 1 is 1.05 bits per heavy atom. The lowest BCUT2D eigenvalue weighted by Crippen LogP contribution is -1.99. The summed E-state index contributed by atoms with van der Waals surface area (Å²) < 4.78 is 10.5. The van der Waals surface area contributed by atoms with E-state index in [1.807, 2.05) is 0 Å². The van der Waals surface area contributed by atoms with Crippen LogP contribution in [0.2, 0.25) is 15.2 Å². The first-order valence-corrected chi connectivity index (χ1v) is 6.37. The molecule has 4 nitrogen and oxygen atoms in total. The lowest BCUT2D eigenvalue weighted by atomic mass is 10.3. The van der Waals surface area contributed by atoms with E-state index in [2.05, 4.69) is 9.97 Å². The number of rotatable bonds is 4. The maximum absolute atomic E-state index is 5.90. The van der Waals surface area contributed by atoms with Crippen molar-refractivity contribution in [2.75, 3.05) is 7.11 Å². The van der Waals surface area contributed by atoms with Crippen molar-refractivity contribution in [3.8, 4) is 11.6 Å². The van der Waals surface area contributed by atoms with Crippen LogP contribution in [0.25, 0.3) is 0 Å². The zero-order chi connectivity index (χ0) is 13.8. The van der Waals surface area contributed by atoms with E-state index in [1.54, 1.807) is 25.3 Å². The van der Waals surface area contributed by atoms with Crippen molar-refractivity contribution in [2.24, 2.45) is 0 Å². The quantitative estimate of drug-likeness (QED) is 0.785. The van der Waals surface area contributed by atoms with Crippen LogP contribution in [0.15, 0.2) is 24.3 Å². The van der Waals surface area contributed by atoms with Gasteiger partial charge in [0.25, 0.3) is 0 Å². The minimum absolute atomic E-state index is 0.248. The number of hydrogen-bond donors (Lipinski definition) is 0. The second-order valence-corrected chi connectivity index (χ2v) is 4.76. The fourth-order valence-corrected chi connectivity index (χ4v) is 1.83. The second kappa shape index (κ2) is 6.39. The number of ether oxygens (including phenoxy) is 2. The first kappa shape index (κ1) is 14.3. The van der Waals surface area contributed by atoms with Crippen LogP contribution < -0.4 is 4.74 Å². The summed E-state index contributed by atoms with van der Waals surface area (Å²) in [6, 6.07) is 6.41. The van der Waals surface area contributed by atoms with Crippen LogP contribution in [-0.2, 0) is 11.3 Å². The molecule has 1 aromatic heterocycles. The standard InChI is InChI=1S/C12H9Cl3N2O2/c1-18-6-11-16-10(15)5-12(17-11)19-7-2-3-8(13)9(14)4-7/h2-5H,6H2,1H3. The highest BCUT2D eigenvalue weighted by Crippen LogP contribution is 2.29. The summed E-state index contributed by atoms with van der Waals surface area (Å²) in [5, 5.41) is 1.13. The summed E-state index contributed by atoms with van der Waals surface area (Å²) in [5.74, 6) is 1.25. The molecule has 0 spiro atoms. The Balaban J connectivity index is 2.24. The number of benzene rings is 1. The molecule has 0 aliphatic heterocycles. The van der Waals surface area contributed by atoms with E-state index in [-0.39, 0.29) is 11.8 Å². The number of methoxy groups -OCH3 is 1. The highest BCUT2D eigenvalue weighted by atomic mass is 35.5. The molecular formula is C12H9Cl3N2O2. The molecule has 0 fully saturated rings. The summed E-state index contributed by atoms with van der Waals surface area (Å²) >= 11 is 17.6. The molecule has 2 aromatic rings. The predicted octanol–water partition coefficient (Wildman–Crippen LogP) is 4.38. The molecule has 0 saturated carbocycles. The zero-order valence-electron chi connectivity index (χ0n) is 9.86. The van der Waals surface area contributed by atoms with Crippen LogP contribution in [0.3, 0.4) is 0 Å². The van der Waals surface area contributed by atoms with E-state index in [9.17, 15) is 0 Å². The molecule has 0 aliphatic carbocycles. The van der Waals surface area contributed by atoms with E-state index in [4.69, 9.17) is 44.3 Å². The SMILES string of the molecule is COCc1nc(Cl)cc(Oc2ccc(Cl)c(Cl)c2)n1. The third kappa shape index (κ3) is 3.94. The molecule has 100 valence electrons. The molecule has 2 rings (SSSR count). The maximum Gasteiger partial charge on any atom is 0.224 e. The van der Waals surface area contributed by atoms with Gasteiger partial charge in [-0.2, -0.15) is 4.98 Å². The van der Waals surface area contributed by atoms with Crippen molar-refractivity contribution < 1.29 is 9.47 Å². The summed E-state index contributed by atoms with van der Waals surface area (Å²) in [4.78, 5) is 8.15. The van der Waals surface area contributed by atoms with Gasteiger partial charge in [-0.15, -0.1) is 0 Å². The second-order valence-electron chi connectivity index (χ2n) is 3.56. The number of nitrogens with zero attached hydrogens (tertiary/aromatic N) is 2. The summed E-state index contributed by atoms with van der Waals surface area (Å²) in [5.41, 5.74) is 0. The van der Waals surface area contributed by atoms with Gasteiger partial charge in [-0.05, 0) is 12.1 Å². The Bertz CT molecular complexity index is 593. The van der Waals surface area contributed by atoms with Crippen LogP contribution in [0.4, 0.5) is 0 Å². The molecule has 0 radical (unpaired) electrons. The van der Waals surface area contributed by atoms with Gasteiger partial charge in [0.15, 0.2) is 5.82 Å². The molecule has 0 atom stereocenters. The van der Waals surface area contributed by atoms with Crippen molar-refractivity contribution in [1.29, 1.82) is 0 Å². The van der Waals surface area contributed by atoms with E-state index >= 15 is 0 Å². The fraction of sp³-hybridized carbons (Fsp3) is 0.167. The van der Waals surface area contributed by atoms with Gasteiger partial charge < -0.3 is 9.47 Å². The van der Waals surface area contributed by atoms with Crippen molar-refractivity contribution in [3.63, 3.8) is 0 Å². The third-order valence-electron chi connectivity index (χ3n) is 2.10. The minimum atomic E-state index is 0.248. The van der Waals surface area contributed by atoms with E-state index in [1.165, 1.54) is 6.07 Å². The number of aromatic nitrogens is 2. The molecular weight excluding hydrogens is 311 g/mol. The Kier molecular flexibility index (Phi) is 4.82. The van der Waals surface area contributed by atoms with Crippen LogP contribution in [0, 0.1) is 0 Å². The fourth-order valence-electron chi connectivity index (χ4n) is 1.35. The normalized spacial score (nSPS) is 10.5. The van der Waals surface area contributed by atoms with Crippen LogP contribution in [-0.4, -0.2) is 17.1 Å². The summed E-state index contributed by atoms with van der Waals surface area (Å²) in [7, 11) is 1.55. The third-order valence-corrected chi connectivity index (χ3v) is 3.04. The van der Waals surface area contributed by atoms with Crippen molar-refractivity contribution >= 4 is 34.8 Å². The zero-order valence-corrected chi connectivity index (χ0v) is 12.1. The molecule has 0 unspecified atom stereocenters. The molecule has 0 bridgehead atoms. The molecule has 0 amide bonds. The largest absolute Gasteiger partial charge is 0.439 e. The average Bonchev–Trinajstić information content (AvgIpc) is 2.33. The molecule has 0 saturated heterocycles. The van der Waals surface area contributed by atoms with Crippen LogP contribution >= 0.6 is 34.8 Å². The van der Waals surface area contributed by atoms with Crippen molar-refractivity contribution in [2.45, 2.75) is 6.61 Å². The Morgan fingerprint density at radius 3 is 2.53 bits per heavy atom. The van der Waals surface area contributed by atoms with Crippen LogP contribution in [0.5, 0.6) is 11.6 Å². The monoisotopic (exact) mass is 318 g/mol. The van der Waals surface area contributed by atoms with E-state index < -0.39 is 0 Å². The number of hydrogen-bond acceptors (Lipinski definition) is 4. The topological polar surface area (TPSA) is 44.2 Å². The summed E-state index contributed by atoms with van der Waals surface area (Å²) in [6.45, 7) is 0.248. The molecule has 19 heavy (non-hydrogen) atoms. The number of halogens is 3. The molecule has 0 N–H and O–H groups in total. The molecule has 0 aliphatic rings. The van der Waals surface area contributed by atoms with Gasteiger partial charge in [0, 0.05) is 19.2 Å². The minimum Gasteiger partial charge on any atom is -0.439 e. The smallest absolute Gasteiger partial charge is 0.224 e. The Morgan fingerprint density at radius 2 is 1.84 bits per heavy atom.